The third kappa shape index (κ3) is 3.58. The van der Waals surface area contributed by atoms with Gasteiger partial charge in [0.2, 0.25) is 0 Å². The second kappa shape index (κ2) is 9.22. The van der Waals surface area contributed by atoms with Gasteiger partial charge in [0, 0.05) is 21.7 Å². The van der Waals surface area contributed by atoms with Gasteiger partial charge in [-0.15, -0.1) is 0 Å². The number of nitrogens with zero attached hydrogens (tertiary/aromatic N) is 3. The number of rotatable bonds is 2. The summed E-state index contributed by atoms with van der Waals surface area (Å²) in [5, 5.41) is 10.7. The average Bonchev–Trinajstić information content (AvgIpc) is 3.52. The molecule has 0 aliphatic rings. The standard InChI is InChI=1S/C42H25N3/c1-3-11-28-23-30(19-17-26(28)9-1)31-21-22-37-38(25-31)43-41(32-20-18-27-10-2-4-12-29(27)24-32)45-40-36-16-8-6-14-34(36)33-13-5-7-15-35(33)39(40)44-42(37)45/h1-25H. The fourth-order valence-electron chi connectivity index (χ4n) is 7.14. The maximum atomic E-state index is 5.46. The smallest absolute Gasteiger partial charge is 0.149 e. The molecule has 3 heteroatoms. The predicted octanol–water partition coefficient (Wildman–Crippen LogP) is 11.0. The van der Waals surface area contributed by atoms with Crippen LogP contribution >= 0.6 is 0 Å². The van der Waals surface area contributed by atoms with E-state index in [1.54, 1.807) is 0 Å². The molecule has 0 aliphatic carbocycles. The SMILES string of the molecule is c1ccc2cc(-c3ccc4c(c3)nc(-c3ccc5ccccc5c3)n3c4nc4c5ccccc5c5ccccc5c43)ccc2c1. The molecule has 2 heterocycles. The summed E-state index contributed by atoms with van der Waals surface area (Å²) in [5.41, 5.74) is 7.32. The third-order valence-corrected chi connectivity index (χ3v) is 9.30. The summed E-state index contributed by atoms with van der Waals surface area (Å²) in [6.07, 6.45) is 0. The first kappa shape index (κ1) is 24.4. The minimum Gasteiger partial charge on any atom is -0.275 e. The van der Waals surface area contributed by atoms with Gasteiger partial charge >= 0.3 is 0 Å². The van der Waals surface area contributed by atoms with Crippen molar-refractivity contribution in [3.63, 3.8) is 0 Å². The van der Waals surface area contributed by atoms with Crippen LogP contribution in [0.1, 0.15) is 0 Å². The molecule has 3 nitrogen and oxygen atoms in total. The highest BCUT2D eigenvalue weighted by Gasteiger charge is 2.20. The zero-order valence-electron chi connectivity index (χ0n) is 24.3. The summed E-state index contributed by atoms with van der Waals surface area (Å²) in [4.78, 5) is 10.9. The molecule has 0 saturated heterocycles. The number of hydrogen-bond donors (Lipinski definition) is 0. The molecule has 0 bridgehead atoms. The Morgan fingerprint density at radius 1 is 0.378 bits per heavy atom. The fraction of sp³-hybridized carbons (Fsp3) is 0. The molecule has 0 saturated carbocycles. The lowest BCUT2D eigenvalue weighted by atomic mass is 9.99. The summed E-state index contributed by atoms with van der Waals surface area (Å²) in [5.74, 6) is 0.891. The quantitative estimate of drug-likeness (QED) is 0.193. The molecule has 10 rings (SSSR count). The largest absolute Gasteiger partial charge is 0.275 e. The van der Waals surface area contributed by atoms with Gasteiger partial charge in [-0.2, -0.15) is 0 Å². The highest BCUT2D eigenvalue weighted by atomic mass is 15.1. The monoisotopic (exact) mass is 571 g/mol. The predicted molar refractivity (Wildman–Crippen MR) is 189 cm³/mol. The fourth-order valence-corrected chi connectivity index (χ4v) is 7.14. The minimum atomic E-state index is 0.891. The molecule has 10 aromatic rings. The van der Waals surface area contributed by atoms with Crippen molar-refractivity contribution in [2.24, 2.45) is 0 Å². The molecule has 45 heavy (non-hydrogen) atoms. The zero-order chi connectivity index (χ0) is 29.5. The Kier molecular flexibility index (Phi) is 5.00. The molecule has 0 unspecified atom stereocenters. The molecule has 208 valence electrons. The van der Waals surface area contributed by atoms with Crippen molar-refractivity contribution in [1.82, 2.24) is 14.4 Å². The highest BCUT2D eigenvalue weighted by molar-refractivity contribution is 6.25. The van der Waals surface area contributed by atoms with Gasteiger partial charge in [0.15, 0.2) is 0 Å². The van der Waals surface area contributed by atoms with Gasteiger partial charge in [-0.05, 0) is 67.7 Å². The number of aromatic nitrogens is 3. The van der Waals surface area contributed by atoms with Gasteiger partial charge in [-0.3, -0.25) is 4.40 Å². The van der Waals surface area contributed by atoms with Crippen LogP contribution in [0.5, 0.6) is 0 Å². The molecule has 0 N–H and O–H groups in total. The maximum absolute atomic E-state index is 5.46. The molecule has 2 aromatic heterocycles. The first-order valence-electron chi connectivity index (χ1n) is 15.3. The number of hydrogen-bond acceptors (Lipinski definition) is 2. The van der Waals surface area contributed by atoms with E-state index in [4.69, 9.17) is 9.97 Å². The summed E-state index contributed by atoms with van der Waals surface area (Å²) in [6, 6.07) is 54.3. The number of benzene rings is 8. The molecule has 8 aromatic carbocycles. The molecule has 0 atom stereocenters. The van der Waals surface area contributed by atoms with E-state index < -0.39 is 0 Å². The lowest BCUT2D eigenvalue weighted by Crippen LogP contribution is -1.99. The van der Waals surface area contributed by atoms with Crippen molar-refractivity contribution in [2.45, 2.75) is 0 Å². The van der Waals surface area contributed by atoms with Gasteiger partial charge in [0.25, 0.3) is 0 Å². The van der Waals surface area contributed by atoms with Gasteiger partial charge in [0.05, 0.1) is 16.6 Å². The van der Waals surface area contributed by atoms with Gasteiger partial charge in [0.1, 0.15) is 11.5 Å². The average molecular weight is 572 g/mol. The highest BCUT2D eigenvalue weighted by Crippen LogP contribution is 2.39. The lowest BCUT2D eigenvalue weighted by Gasteiger charge is -2.13. The van der Waals surface area contributed by atoms with E-state index in [-0.39, 0.29) is 0 Å². The van der Waals surface area contributed by atoms with Crippen molar-refractivity contribution in [3.8, 4) is 22.5 Å². The van der Waals surface area contributed by atoms with E-state index in [9.17, 15) is 0 Å². The lowest BCUT2D eigenvalue weighted by molar-refractivity contribution is 1.17. The van der Waals surface area contributed by atoms with Crippen molar-refractivity contribution >= 4 is 70.7 Å². The van der Waals surface area contributed by atoms with Crippen molar-refractivity contribution in [2.75, 3.05) is 0 Å². The van der Waals surface area contributed by atoms with Crippen LogP contribution in [0, 0.1) is 0 Å². The molecule has 0 amide bonds. The van der Waals surface area contributed by atoms with Crippen molar-refractivity contribution in [3.05, 3.63) is 152 Å². The Morgan fingerprint density at radius 3 is 1.64 bits per heavy atom. The Morgan fingerprint density at radius 2 is 0.911 bits per heavy atom. The third-order valence-electron chi connectivity index (χ3n) is 9.30. The Labute approximate surface area is 258 Å². The second-order valence-corrected chi connectivity index (χ2v) is 11.9. The molecular formula is C42H25N3. The van der Waals surface area contributed by atoms with E-state index in [0.717, 1.165) is 49.9 Å². The van der Waals surface area contributed by atoms with Gasteiger partial charge in [-0.25, -0.2) is 9.97 Å². The topological polar surface area (TPSA) is 30.2 Å². The van der Waals surface area contributed by atoms with Gasteiger partial charge < -0.3 is 0 Å². The summed E-state index contributed by atoms with van der Waals surface area (Å²) in [6.45, 7) is 0. The molecule has 0 aliphatic heterocycles. The Hall–Kier alpha value is -6.06. The van der Waals surface area contributed by atoms with Crippen molar-refractivity contribution in [1.29, 1.82) is 0 Å². The molecule has 0 spiro atoms. The number of fused-ring (bicyclic) bond motifs is 12. The number of imidazole rings is 1. The summed E-state index contributed by atoms with van der Waals surface area (Å²) < 4.78 is 2.30. The van der Waals surface area contributed by atoms with Crippen LogP contribution in [0.4, 0.5) is 0 Å². The Bertz CT molecular complexity index is 2820. The normalized spacial score (nSPS) is 12.0. The van der Waals surface area contributed by atoms with Gasteiger partial charge in [-0.1, -0.05) is 127 Å². The van der Waals surface area contributed by atoms with Crippen LogP contribution in [-0.4, -0.2) is 14.4 Å². The van der Waals surface area contributed by atoms with E-state index in [1.807, 2.05) is 0 Å². The van der Waals surface area contributed by atoms with Crippen LogP contribution in [0.15, 0.2) is 152 Å². The zero-order valence-corrected chi connectivity index (χ0v) is 24.3. The Balaban J connectivity index is 1.35. The van der Waals surface area contributed by atoms with E-state index in [0.29, 0.717) is 0 Å². The molecule has 0 fully saturated rings. The van der Waals surface area contributed by atoms with E-state index in [2.05, 4.69) is 156 Å². The first-order chi connectivity index (χ1) is 22.3. The van der Waals surface area contributed by atoms with E-state index >= 15 is 0 Å². The van der Waals surface area contributed by atoms with E-state index in [1.165, 1.54) is 43.3 Å². The van der Waals surface area contributed by atoms with Crippen LogP contribution < -0.4 is 0 Å². The van der Waals surface area contributed by atoms with Crippen molar-refractivity contribution < 1.29 is 0 Å². The first-order valence-corrected chi connectivity index (χ1v) is 15.3. The minimum absolute atomic E-state index is 0.891. The van der Waals surface area contributed by atoms with Crippen LogP contribution in [0.25, 0.3) is 93.2 Å². The second-order valence-electron chi connectivity index (χ2n) is 11.9. The van der Waals surface area contributed by atoms with Crippen LogP contribution in [0.2, 0.25) is 0 Å². The summed E-state index contributed by atoms with van der Waals surface area (Å²) >= 11 is 0. The maximum Gasteiger partial charge on any atom is 0.149 e. The molecular weight excluding hydrogens is 546 g/mol. The van der Waals surface area contributed by atoms with Crippen LogP contribution in [0.3, 0.4) is 0 Å². The summed E-state index contributed by atoms with van der Waals surface area (Å²) in [7, 11) is 0. The van der Waals surface area contributed by atoms with Crippen LogP contribution in [-0.2, 0) is 0 Å². The molecule has 0 radical (unpaired) electrons.